The van der Waals surface area contributed by atoms with Crippen molar-refractivity contribution < 1.29 is 38.2 Å². The second-order valence-corrected chi connectivity index (χ2v) is 18.3. The fourth-order valence-electron chi connectivity index (χ4n) is 7.30. The number of Topliss-reactive ketones (excluding diaryl/α,β-unsaturated/α-hetero) is 1. The minimum Gasteiger partial charge on any atom is -0.370 e. The Morgan fingerprint density at radius 2 is 1.61 bits per heavy atom. The van der Waals surface area contributed by atoms with Crippen LogP contribution in [0.25, 0.3) is 0 Å². The first-order valence-electron chi connectivity index (χ1n) is 21.0. The molecule has 5 amide bonds. The molecule has 2 unspecified atom stereocenters. The number of benzene rings is 1. The van der Waals surface area contributed by atoms with E-state index < -0.39 is 88.9 Å². The summed E-state index contributed by atoms with van der Waals surface area (Å²) in [5, 5.41) is 12.3. The van der Waals surface area contributed by atoms with Gasteiger partial charge in [0.15, 0.2) is 5.78 Å². The van der Waals surface area contributed by atoms with Gasteiger partial charge in [0.2, 0.25) is 29.5 Å². The number of carbonyl (C=O) groups excluding carboxylic acids is 6. The highest BCUT2D eigenvalue weighted by Gasteiger charge is 2.42. The van der Waals surface area contributed by atoms with Crippen molar-refractivity contribution >= 4 is 52.1 Å². The van der Waals surface area contributed by atoms with Crippen molar-refractivity contribution in [2.45, 2.75) is 154 Å². The molecule has 3 aliphatic rings. The lowest BCUT2D eigenvalue weighted by Crippen LogP contribution is -2.59. The first kappa shape index (κ1) is 47.6. The number of nitrogens with zero attached hydrogens (tertiary/aromatic N) is 2. The molecule has 0 radical (unpaired) electrons. The zero-order valence-corrected chi connectivity index (χ0v) is 37.1. The fourth-order valence-corrected chi connectivity index (χ4v) is 8.40. The van der Waals surface area contributed by atoms with E-state index in [2.05, 4.69) is 27.8 Å². The molecule has 4 N–H and O–H groups in total. The van der Waals surface area contributed by atoms with Gasteiger partial charge in [0.25, 0.3) is 0 Å². The van der Waals surface area contributed by atoms with Crippen LogP contribution >= 0.6 is 11.8 Å². The molecular formula is C44H66N6O8S. The predicted molar refractivity (Wildman–Crippen MR) is 230 cm³/mol. The van der Waals surface area contributed by atoms with E-state index in [1.807, 2.05) is 65.0 Å². The maximum atomic E-state index is 14.4. The van der Waals surface area contributed by atoms with Crippen LogP contribution in [0.4, 0.5) is 0 Å². The number of aliphatic imine (C=N–C) groups is 1. The number of ketones is 1. The minimum absolute atomic E-state index is 0.239. The monoisotopic (exact) mass is 838 g/mol. The standard InChI is InChI=1S/C44H66N6O8S/c1-11-26(4)30-23-35(51)32(24-57-43(7,8)12-2)47-40(55)36(28(6)58-44(9,10)13-3)49-38(53)33-25-59-41(48-33)31(22-29-18-15-14-16-19-29)46-39(54)34-20-17-21-50(34)42(56)27(5)45-37(30)52/h12,14-16,18-19,26-28,30-34,36H,2,11,13,17,20-25H2,1,3-10H3,(H,45,52)(H,46,54)(H,47,55)(H,49,53)/t26-,27?,28+,30-,31?,32-,33-,34-,36-/m0/s1. The summed E-state index contributed by atoms with van der Waals surface area (Å²) in [6.07, 6.45) is 3.09. The molecule has 9 atom stereocenters. The third kappa shape index (κ3) is 13.0. The van der Waals surface area contributed by atoms with E-state index in [1.54, 1.807) is 33.8 Å². The van der Waals surface area contributed by atoms with Crippen molar-refractivity contribution in [3.05, 3.63) is 48.6 Å². The van der Waals surface area contributed by atoms with E-state index >= 15 is 0 Å². The molecule has 3 heterocycles. The Kier molecular flexibility index (Phi) is 16.9. The number of ether oxygens (including phenoxy) is 2. The molecule has 59 heavy (non-hydrogen) atoms. The SMILES string of the molecule is C=CC(C)(C)OC[C@@H]1NC(=O)[C@H]([C@@H](C)OC(C)(C)CC)NC(=O)[C@@H]2CSC(=N2)C(Cc2ccccc2)NC(=O)[C@@H]2CCCN2C(=O)C(C)NC(=O)[C@H]([C@@H](C)CC)CC1=O. The van der Waals surface area contributed by atoms with Gasteiger partial charge in [-0.25, -0.2) is 0 Å². The van der Waals surface area contributed by atoms with Gasteiger partial charge in [0.1, 0.15) is 30.2 Å². The molecule has 0 saturated carbocycles. The summed E-state index contributed by atoms with van der Waals surface area (Å²) in [5.74, 6) is -3.75. The largest absolute Gasteiger partial charge is 0.370 e. The Labute approximate surface area is 354 Å². The second-order valence-electron chi connectivity index (χ2n) is 17.2. The predicted octanol–water partition coefficient (Wildman–Crippen LogP) is 3.90. The van der Waals surface area contributed by atoms with Crippen LogP contribution in [0.1, 0.15) is 100.0 Å². The molecule has 1 fully saturated rings. The van der Waals surface area contributed by atoms with Crippen LogP contribution in [-0.4, -0.2) is 118 Å². The van der Waals surface area contributed by atoms with Gasteiger partial charge in [-0.05, 0) is 78.7 Å². The van der Waals surface area contributed by atoms with Crippen LogP contribution in [0.2, 0.25) is 0 Å². The van der Waals surface area contributed by atoms with Crippen LogP contribution < -0.4 is 21.3 Å². The van der Waals surface area contributed by atoms with Crippen molar-refractivity contribution in [1.29, 1.82) is 0 Å². The van der Waals surface area contributed by atoms with Crippen LogP contribution in [0, 0.1) is 11.8 Å². The van der Waals surface area contributed by atoms with Gasteiger partial charge in [0.05, 0.1) is 35.0 Å². The highest BCUT2D eigenvalue weighted by molar-refractivity contribution is 8.14. The van der Waals surface area contributed by atoms with Crippen LogP contribution in [0.15, 0.2) is 48.0 Å². The lowest BCUT2D eigenvalue weighted by atomic mass is 9.85. The van der Waals surface area contributed by atoms with E-state index in [0.717, 1.165) is 5.56 Å². The fraction of sp³-hybridized carbons (Fsp3) is 0.659. The van der Waals surface area contributed by atoms with Gasteiger partial charge in [-0.3, -0.25) is 33.8 Å². The van der Waals surface area contributed by atoms with Crippen molar-refractivity contribution in [3.63, 3.8) is 0 Å². The molecular weight excluding hydrogens is 773 g/mol. The van der Waals surface area contributed by atoms with Crippen molar-refractivity contribution in [1.82, 2.24) is 26.2 Å². The van der Waals surface area contributed by atoms with Gasteiger partial charge in [0, 0.05) is 24.6 Å². The first-order chi connectivity index (χ1) is 27.8. The van der Waals surface area contributed by atoms with Gasteiger partial charge >= 0.3 is 0 Å². The Morgan fingerprint density at radius 3 is 2.25 bits per heavy atom. The topological polar surface area (TPSA) is 185 Å². The maximum absolute atomic E-state index is 14.4. The lowest BCUT2D eigenvalue weighted by Gasteiger charge is -2.34. The van der Waals surface area contributed by atoms with Gasteiger partial charge in [-0.2, -0.15) is 0 Å². The molecule has 2 bridgehead atoms. The summed E-state index contributed by atoms with van der Waals surface area (Å²) >= 11 is 1.35. The first-order valence-corrected chi connectivity index (χ1v) is 22.0. The van der Waals surface area contributed by atoms with Crippen LogP contribution in [-0.2, 0) is 44.7 Å². The summed E-state index contributed by atoms with van der Waals surface area (Å²) in [7, 11) is 0. The average Bonchev–Trinajstić information content (AvgIpc) is 3.91. The van der Waals surface area contributed by atoms with Gasteiger partial charge in [-0.1, -0.05) is 63.6 Å². The van der Waals surface area contributed by atoms with E-state index in [4.69, 9.17) is 14.5 Å². The molecule has 1 saturated heterocycles. The van der Waals surface area contributed by atoms with Gasteiger partial charge < -0.3 is 35.6 Å². The Hall–Kier alpha value is -4.08. The number of nitrogens with one attached hydrogen (secondary N) is 4. The van der Waals surface area contributed by atoms with Crippen molar-refractivity contribution in [3.8, 4) is 0 Å². The molecule has 0 aliphatic carbocycles. The zero-order chi connectivity index (χ0) is 43.7. The molecule has 1 aromatic carbocycles. The number of carbonyl (C=O) groups is 6. The number of thioether (sulfide) groups is 1. The molecule has 0 aromatic heterocycles. The molecule has 14 nitrogen and oxygen atoms in total. The summed E-state index contributed by atoms with van der Waals surface area (Å²) < 4.78 is 12.4. The van der Waals surface area contributed by atoms with E-state index in [9.17, 15) is 28.8 Å². The Bertz CT molecular complexity index is 1720. The van der Waals surface area contributed by atoms with E-state index in [1.165, 1.54) is 16.7 Å². The number of hydrogen-bond donors (Lipinski definition) is 4. The Balaban J connectivity index is 1.79. The zero-order valence-electron chi connectivity index (χ0n) is 36.3. The molecule has 15 heteroatoms. The second kappa shape index (κ2) is 20.9. The number of fused-ring (bicyclic) bond motifs is 2. The van der Waals surface area contributed by atoms with Crippen LogP contribution in [0.5, 0.6) is 0 Å². The molecule has 0 spiro atoms. The smallest absolute Gasteiger partial charge is 0.246 e. The normalized spacial score (nSPS) is 28.0. The molecule has 4 rings (SSSR count). The summed E-state index contributed by atoms with van der Waals surface area (Å²) in [5.41, 5.74) is -0.569. The van der Waals surface area contributed by atoms with Gasteiger partial charge in [-0.15, -0.1) is 18.3 Å². The highest BCUT2D eigenvalue weighted by Crippen LogP contribution is 2.27. The summed E-state index contributed by atoms with van der Waals surface area (Å²) in [4.78, 5) is 91.2. The Morgan fingerprint density at radius 1 is 0.932 bits per heavy atom. The number of amides is 5. The summed E-state index contributed by atoms with van der Waals surface area (Å²) in [6, 6.07) is 3.88. The number of hydrogen-bond acceptors (Lipinski definition) is 10. The highest BCUT2D eigenvalue weighted by atomic mass is 32.2. The minimum atomic E-state index is -1.25. The van der Waals surface area contributed by atoms with E-state index in [-0.39, 0.29) is 30.6 Å². The third-order valence-corrected chi connectivity index (χ3v) is 12.9. The summed E-state index contributed by atoms with van der Waals surface area (Å²) in [6.45, 7) is 20.2. The third-order valence-electron chi connectivity index (χ3n) is 11.8. The average molecular weight is 839 g/mol. The quantitative estimate of drug-likeness (QED) is 0.227. The lowest BCUT2D eigenvalue weighted by molar-refractivity contribution is -0.143. The molecule has 326 valence electrons. The molecule has 3 aliphatic heterocycles. The van der Waals surface area contributed by atoms with E-state index in [0.29, 0.717) is 43.7 Å². The molecule has 1 aromatic rings. The van der Waals surface area contributed by atoms with Crippen LogP contribution in [0.3, 0.4) is 0 Å². The number of rotatable bonds is 12. The van der Waals surface area contributed by atoms with Crippen molar-refractivity contribution in [2.75, 3.05) is 18.9 Å². The maximum Gasteiger partial charge on any atom is 0.246 e. The van der Waals surface area contributed by atoms with Crippen molar-refractivity contribution in [2.24, 2.45) is 16.8 Å².